The first kappa shape index (κ1) is 15.0. The molecule has 0 fully saturated rings. The molecule has 4 nitrogen and oxygen atoms in total. The van der Waals surface area contributed by atoms with Gasteiger partial charge < -0.3 is 10.0 Å². The highest BCUT2D eigenvalue weighted by molar-refractivity contribution is 6.31. The Labute approximate surface area is 124 Å². The van der Waals surface area contributed by atoms with Crippen LogP contribution in [-0.4, -0.2) is 40.4 Å². The molecule has 0 bridgehead atoms. The first-order valence-electron chi connectivity index (χ1n) is 6.57. The summed E-state index contributed by atoms with van der Waals surface area (Å²) >= 11 is 6.24. The van der Waals surface area contributed by atoms with E-state index in [0.717, 1.165) is 12.1 Å². The topological polar surface area (TPSA) is 41.3 Å². The van der Waals surface area contributed by atoms with Crippen LogP contribution in [0.15, 0.2) is 36.5 Å². The van der Waals surface area contributed by atoms with Gasteiger partial charge in [-0.25, -0.2) is 0 Å². The van der Waals surface area contributed by atoms with Crippen molar-refractivity contribution < 1.29 is 5.11 Å². The van der Waals surface area contributed by atoms with Crippen LogP contribution in [-0.2, 0) is 12.1 Å². The van der Waals surface area contributed by atoms with Crippen LogP contribution in [0.5, 0.6) is 0 Å². The predicted octanol–water partition coefficient (Wildman–Crippen LogP) is 2.35. The van der Waals surface area contributed by atoms with E-state index in [1.54, 1.807) is 17.8 Å². The molecule has 0 spiro atoms. The molecular weight excluding hydrogens is 274 g/mol. The number of likely N-dealkylation sites (N-methyl/N-ethyl adjacent to an activating group) is 1. The molecule has 0 aliphatic rings. The maximum atomic E-state index is 10.9. The first-order chi connectivity index (χ1) is 9.43. The van der Waals surface area contributed by atoms with Gasteiger partial charge >= 0.3 is 0 Å². The molecule has 1 aromatic heterocycles. The molecule has 1 atom stereocenters. The standard InChI is InChI=1S/C15H20ClN3O/c1-15(20,12-7-5-4-6-8-12)14-13(16)11-17-19(14)10-9-18(2)3/h4-8,11,20H,9-10H2,1-3H3. The van der Waals surface area contributed by atoms with E-state index in [0.29, 0.717) is 17.3 Å². The Morgan fingerprint density at radius 1 is 1.30 bits per heavy atom. The number of hydrogen-bond donors (Lipinski definition) is 1. The van der Waals surface area contributed by atoms with Gasteiger partial charge in [-0.1, -0.05) is 41.9 Å². The molecule has 0 amide bonds. The molecule has 1 aromatic carbocycles. The van der Waals surface area contributed by atoms with Gasteiger partial charge in [-0.2, -0.15) is 5.10 Å². The number of hydrogen-bond acceptors (Lipinski definition) is 3. The van der Waals surface area contributed by atoms with Crippen LogP contribution in [0.1, 0.15) is 18.2 Å². The third-order valence-electron chi connectivity index (χ3n) is 3.35. The first-order valence-corrected chi connectivity index (χ1v) is 6.95. The van der Waals surface area contributed by atoms with E-state index in [9.17, 15) is 5.11 Å². The Kier molecular flexibility index (Phi) is 4.48. The zero-order valence-corrected chi connectivity index (χ0v) is 12.8. The molecule has 20 heavy (non-hydrogen) atoms. The highest BCUT2D eigenvalue weighted by Gasteiger charge is 2.32. The molecule has 0 saturated carbocycles. The van der Waals surface area contributed by atoms with Crippen LogP contribution in [0.25, 0.3) is 0 Å². The summed E-state index contributed by atoms with van der Waals surface area (Å²) in [6.45, 7) is 3.26. The smallest absolute Gasteiger partial charge is 0.130 e. The van der Waals surface area contributed by atoms with Gasteiger partial charge in [-0.3, -0.25) is 4.68 Å². The maximum Gasteiger partial charge on any atom is 0.130 e. The van der Waals surface area contributed by atoms with Gasteiger partial charge in [0.25, 0.3) is 0 Å². The molecule has 108 valence electrons. The number of aliphatic hydroxyl groups is 1. The Balaban J connectivity index is 2.38. The average molecular weight is 294 g/mol. The summed E-state index contributed by atoms with van der Waals surface area (Å²) in [6, 6.07) is 9.50. The van der Waals surface area contributed by atoms with Crippen LogP contribution >= 0.6 is 11.6 Å². The summed E-state index contributed by atoms with van der Waals surface area (Å²) in [5.41, 5.74) is 0.266. The van der Waals surface area contributed by atoms with Crippen molar-refractivity contribution in [3.05, 3.63) is 52.8 Å². The Morgan fingerprint density at radius 3 is 2.55 bits per heavy atom. The van der Waals surface area contributed by atoms with Gasteiger partial charge in [0.15, 0.2) is 0 Å². The largest absolute Gasteiger partial charge is 0.379 e. The summed E-state index contributed by atoms with van der Waals surface area (Å²) in [4.78, 5) is 2.07. The van der Waals surface area contributed by atoms with E-state index in [4.69, 9.17) is 11.6 Å². The van der Waals surface area contributed by atoms with Crippen molar-refractivity contribution in [2.75, 3.05) is 20.6 Å². The molecular formula is C15H20ClN3O. The summed E-state index contributed by atoms with van der Waals surface area (Å²) < 4.78 is 1.77. The zero-order valence-electron chi connectivity index (χ0n) is 12.0. The minimum Gasteiger partial charge on any atom is -0.379 e. The van der Waals surface area contributed by atoms with Crippen LogP contribution in [0, 0.1) is 0 Å². The molecule has 0 aliphatic heterocycles. The lowest BCUT2D eigenvalue weighted by atomic mass is 9.92. The fourth-order valence-electron chi connectivity index (χ4n) is 2.21. The fourth-order valence-corrected chi connectivity index (χ4v) is 2.54. The predicted molar refractivity (Wildman–Crippen MR) is 80.9 cm³/mol. The molecule has 2 rings (SSSR count). The molecule has 1 N–H and O–H groups in total. The van der Waals surface area contributed by atoms with Crippen molar-refractivity contribution in [3.63, 3.8) is 0 Å². The van der Waals surface area contributed by atoms with E-state index in [-0.39, 0.29) is 0 Å². The number of aromatic nitrogens is 2. The van der Waals surface area contributed by atoms with Crippen LogP contribution < -0.4 is 0 Å². The molecule has 0 radical (unpaired) electrons. The van der Waals surface area contributed by atoms with E-state index in [1.807, 2.05) is 44.4 Å². The SMILES string of the molecule is CN(C)CCn1ncc(Cl)c1C(C)(O)c1ccccc1. The van der Waals surface area contributed by atoms with Crippen molar-refractivity contribution in [2.24, 2.45) is 0 Å². The monoisotopic (exact) mass is 293 g/mol. The molecule has 5 heteroatoms. The third-order valence-corrected chi connectivity index (χ3v) is 3.63. The van der Waals surface area contributed by atoms with Gasteiger partial charge in [0.05, 0.1) is 23.5 Å². The second kappa shape index (κ2) is 5.95. The highest BCUT2D eigenvalue weighted by Crippen LogP contribution is 2.33. The lowest BCUT2D eigenvalue weighted by Gasteiger charge is -2.26. The average Bonchev–Trinajstić information content (AvgIpc) is 2.79. The Hall–Kier alpha value is -1.36. The van der Waals surface area contributed by atoms with Gasteiger partial charge in [0.2, 0.25) is 0 Å². The second-order valence-corrected chi connectivity index (χ2v) is 5.71. The number of benzene rings is 1. The van der Waals surface area contributed by atoms with E-state index in [1.165, 1.54) is 0 Å². The van der Waals surface area contributed by atoms with Gasteiger partial charge in [0, 0.05) is 6.54 Å². The van der Waals surface area contributed by atoms with Crippen molar-refractivity contribution >= 4 is 11.6 Å². The van der Waals surface area contributed by atoms with E-state index >= 15 is 0 Å². The van der Waals surface area contributed by atoms with Crippen molar-refractivity contribution in [1.29, 1.82) is 0 Å². The van der Waals surface area contributed by atoms with Gasteiger partial charge in [0.1, 0.15) is 5.60 Å². The lowest BCUT2D eigenvalue weighted by molar-refractivity contribution is 0.0910. The van der Waals surface area contributed by atoms with E-state index < -0.39 is 5.60 Å². The van der Waals surface area contributed by atoms with Crippen LogP contribution in [0.4, 0.5) is 0 Å². The third kappa shape index (κ3) is 3.03. The Morgan fingerprint density at radius 2 is 1.95 bits per heavy atom. The summed E-state index contributed by atoms with van der Waals surface area (Å²) in [5.74, 6) is 0. The summed E-state index contributed by atoms with van der Waals surface area (Å²) in [7, 11) is 4.00. The molecule has 2 aromatic rings. The number of halogens is 1. The minimum atomic E-state index is -1.17. The minimum absolute atomic E-state index is 0.484. The Bertz CT molecular complexity index is 564. The quantitative estimate of drug-likeness (QED) is 0.920. The zero-order chi connectivity index (χ0) is 14.8. The maximum absolute atomic E-state index is 10.9. The van der Waals surface area contributed by atoms with Crippen molar-refractivity contribution in [2.45, 2.75) is 19.1 Å². The van der Waals surface area contributed by atoms with Crippen LogP contribution in [0.3, 0.4) is 0 Å². The van der Waals surface area contributed by atoms with Gasteiger partial charge in [-0.05, 0) is 26.6 Å². The normalized spacial score (nSPS) is 14.5. The van der Waals surface area contributed by atoms with E-state index in [2.05, 4.69) is 10.00 Å². The number of nitrogens with zero attached hydrogens (tertiary/aromatic N) is 3. The molecule has 1 heterocycles. The molecule has 1 unspecified atom stereocenters. The van der Waals surface area contributed by atoms with Crippen molar-refractivity contribution in [3.8, 4) is 0 Å². The second-order valence-electron chi connectivity index (χ2n) is 5.31. The summed E-state index contributed by atoms with van der Waals surface area (Å²) in [6.07, 6.45) is 1.59. The summed E-state index contributed by atoms with van der Waals surface area (Å²) in [5, 5.41) is 15.7. The number of rotatable bonds is 5. The van der Waals surface area contributed by atoms with Gasteiger partial charge in [-0.15, -0.1) is 0 Å². The van der Waals surface area contributed by atoms with Crippen molar-refractivity contribution in [1.82, 2.24) is 14.7 Å². The van der Waals surface area contributed by atoms with Crippen LogP contribution in [0.2, 0.25) is 5.02 Å². The lowest BCUT2D eigenvalue weighted by Crippen LogP contribution is -2.29. The molecule has 0 aliphatic carbocycles. The molecule has 0 saturated heterocycles. The fraction of sp³-hybridized carbons (Fsp3) is 0.400. The highest BCUT2D eigenvalue weighted by atomic mass is 35.5.